The number of rotatable bonds is 6. The van der Waals surface area contributed by atoms with E-state index in [-0.39, 0.29) is 0 Å². The van der Waals surface area contributed by atoms with Gasteiger partial charge in [-0.25, -0.2) is 0 Å². The molecule has 0 spiro atoms. The van der Waals surface area contributed by atoms with Gasteiger partial charge in [0.15, 0.2) is 0 Å². The van der Waals surface area contributed by atoms with E-state index >= 15 is 0 Å². The van der Waals surface area contributed by atoms with Gasteiger partial charge in [0.05, 0.1) is 0 Å². The van der Waals surface area contributed by atoms with Crippen molar-refractivity contribution < 1.29 is 14.6 Å². The Kier molecular flexibility index (Phi) is 5.63. The fourth-order valence-electron chi connectivity index (χ4n) is 2.16. The van der Waals surface area contributed by atoms with E-state index in [0.29, 0.717) is 19.2 Å². The molecule has 0 bridgehead atoms. The van der Waals surface area contributed by atoms with Crippen LogP contribution in [0.2, 0.25) is 0 Å². The van der Waals surface area contributed by atoms with Crippen LogP contribution in [0.1, 0.15) is 18.4 Å². The van der Waals surface area contributed by atoms with Gasteiger partial charge in [-0.3, -0.25) is 0 Å². The van der Waals surface area contributed by atoms with Gasteiger partial charge in [-0.1, -0.05) is 12.1 Å². The second-order valence-electron chi connectivity index (χ2n) is 5.08. The molecular formula is C15H23NO3. The van der Waals surface area contributed by atoms with E-state index in [1.54, 1.807) is 0 Å². The molecule has 0 amide bonds. The molecule has 1 atom stereocenters. The Hall–Kier alpha value is -1.10. The number of benzene rings is 1. The quantitative estimate of drug-likeness (QED) is 0.818. The minimum absolute atomic E-state index is 0.319. The van der Waals surface area contributed by atoms with Gasteiger partial charge < -0.3 is 19.9 Å². The monoisotopic (exact) mass is 265 g/mol. The summed E-state index contributed by atoms with van der Waals surface area (Å²) in [7, 11) is 0. The summed E-state index contributed by atoms with van der Waals surface area (Å²) in [5, 5.41) is 13.3. The van der Waals surface area contributed by atoms with Gasteiger partial charge >= 0.3 is 0 Å². The van der Waals surface area contributed by atoms with E-state index < -0.39 is 6.10 Å². The van der Waals surface area contributed by atoms with Crippen molar-refractivity contribution in [2.24, 2.45) is 0 Å². The standard InChI is InChI=1S/C15H23NO3/c1-12-3-2-4-15(9-12)19-11-14(17)10-16-13-5-7-18-8-6-13/h2-4,9,13-14,16-17H,5-8,10-11H2,1H3. The Labute approximate surface area is 114 Å². The minimum Gasteiger partial charge on any atom is -0.491 e. The van der Waals surface area contributed by atoms with E-state index in [1.165, 1.54) is 0 Å². The summed E-state index contributed by atoms with van der Waals surface area (Å²) in [6.45, 7) is 4.53. The van der Waals surface area contributed by atoms with Gasteiger partial charge in [0.2, 0.25) is 0 Å². The molecule has 106 valence electrons. The summed E-state index contributed by atoms with van der Waals surface area (Å²) in [6.07, 6.45) is 1.56. The summed E-state index contributed by atoms with van der Waals surface area (Å²) in [6, 6.07) is 8.32. The second kappa shape index (κ2) is 7.48. The predicted octanol–water partition coefficient (Wildman–Crippen LogP) is 1.50. The zero-order chi connectivity index (χ0) is 13.5. The third-order valence-corrected chi connectivity index (χ3v) is 3.30. The van der Waals surface area contributed by atoms with Gasteiger partial charge in [-0.15, -0.1) is 0 Å². The lowest BCUT2D eigenvalue weighted by Gasteiger charge is -2.24. The maximum atomic E-state index is 9.89. The highest BCUT2D eigenvalue weighted by Crippen LogP contribution is 2.12. The molecule has 19 heavy (non-hydrogen) atoms. The van der Waals surface area contributed by atoms with Crippen molar-refractivity contribution in [2.45, 2.75) is 31.9 Å². The van der Waals surface area contributed by atoms with Crippen LogP contribution in [0.15, 0.2) is 24.3 Å². The van der Waals surface area contributed by atoms with Crippen molar-refractivity contribution in [2.75, 3.05) is 26.4 Å². The molecule has 2 rings (SSSR count). The Bertz CT molecular complexity index is 377. The topological polar surface area (TPSA) is 50.7 Å². The molecule has 2 N–H and O–H groups in total. The summed E-state index contributed by atoms with van der Waals surface area (Å²) >= 11 is 0. The normalized spacial score (nSPS) is 18.2. The van der Waals surface area contributed by atoms with Crippen LogP contribution in [0.5, 0.6) is 5.75 Å². The molecule has 1 aliphatic rings. The van der Waals surface area contributed by atoms with Crippen LogP contribution < -0.4 is 10.1 Å². The molecule has 1 aliphatic heterocycles. The predicted molar refractivity (Wildman–Crippen MR) is 74.5 cm³/mol. The van der Waals surface area contributed by atoms with Crippen LogP contribution in [0.4, 0.5) is 0 Å². The number of aliphatic hydroxyl groups excluding tert-OH is 1. The van der Waals surface area contributed by atoms with E-state index in [9.17, 15) is 5.11 Å². The Morgan fingerprint density at radius 1 is 1.42 bits per heavy atom. The van der Waals surface area contributed by atoms with E-state index in [2.05, 4.69) is 5.32 Å². The fourth-order valence-corrected chi connectivity index (χ4v) is 2.16. The average molecular weight is 265 g/mol. The lowest BCUT2D eigenvalue weighted by Crippen LogP contribution is -2.40. The largest absolute Gasteiger partial charge is 0.491 e. The fraction of sp³-hybridized carbons (Fsp3) is 0.600. The first-order chi connectivity index (χ1) is 9.24. The van der Waals surface area contributed by atoms with Gasteiger partial charge in [0.25, 0.3) is 0 Å². The molecule has 0 aromatic heterocycles. The Morgan fingerprint density at radius 2 is 2.21 bits per heavy atom. The lowest BCUT2D eigenvalue weighted by molar-refractivity contribution is 0.0655. The molecule has 1 saturated heterocycles. The number of nitrogens with one attached hydrogen (secondary N) is 1. The number of aryl methyl sites for hydroxylation is 1. The number of aliphatic hydroxyl groups is 1. The first-order valence-corrected chi connectivity index (χ1v) is 6.92. The highest BCUT2D eigenvalue weighted by atomic mass is 16.5. The van der Waals surface area contributed by atoms with Gasteiger partial charge in [0, 0.05) is 25.8 Å². The van der Waals surface area contributed by atoms with E-state index in [4.69, 9.17) is 9.47 Å². The highest BCUT2D eigenvalue weighted by molar-refractivity contribution is 5.27. The molecule has 4 heteroatoms. The highest BCUT2D eigenvalue weighted by Gasteiger charge is 2.14. The van der Waals surface area contributed by atoms with Gasteiger partial charge in [-0.05, 0) is 37.5 Å². The Balaban J connectivity index is 1.65. The van der Waals surface area contributed by atoms with Crippen molar-refractivity contribution in [3.8, 4) is 5.75 Å². The average Bonchev–Trinajstić information content (AvgIpc) is 2.44. The SMILES string of the molecule is Cc1cccc(OCC(O)CNC2CCOCC2)c1. The number of ether oxygens (including phenoxy) is 2. The van der Waals surface area contributed by atoms with Crippen molar-refractivity contribution in [1.29, 1.82) is 0 Å². The maximum Gasteiger partial charge on any atom is 0.119 e. The number of hydrogen-bond donors (Lipinski definition) is 2. The third kappa shape index (κ3) is 5.19. The van der Waals surface area contributed by atoms with Crippen LogP contribution in [-0.2, 0) is 4.74 Å². The maximum absolute atomic E-state index is 9.89. The number of hydrogen-bond acceptors (Lipinski definition) is 4. The molecule has 0 radical (unpaired) electrons. The van der Waals surface area contributed by atoms with Gasteiger partial charge in [-0.2, -0.15) is 0 Å². The summed E-state index contributed by atoms with van der Waals surface area (Å²) in [5.74, 6) is 0.810. The van der Waals surface area contributed by atoms with Crippen molar-refractivity contribution >= 4 is 0 Å². The van der Waals surface area contributed by atoms with Crippen LogP contribution in [-0.4, -0.2) is 43.6 Å². The van der Waals surface area contributed by atoms with Crippen LogP contribution >= 0.6 is 0 Å². The molecular weight excluding hydrogens is 242 g/mol. The molecule has 1 heterocycles. The summed E-state index contributed by atoms with van der Waals surface area (Å²) in [4.78, 5) is 0. The zero-order valence-corrected chi connectivity index (χ0v) is 11.5. The molecule has 1 aromatic carbocycles. The third-order valence-electron chi connectivity index (χ3n) is 3.30. The van der Waals surface area contributed by atoms with E-state index in [1.807, 2.05) is 31.2 Å². The molecule has 0 aliphatic carbocycles. The summed E-state index contributed by atoms with van der Waals surface area (Å²) in [5.41, 5.74) is 1.16. The summed E-state index contributed by atoms with van der Waals surface area (Å²) < 4.78 is 10.9. The van der Waals surface area contributed by atoms with E-state index in [0.717, 1.165) is 37.4 Å². The first-order valence-electron chi connectivity index (χ1n) is 6.92. The molecule has 1 unspecified atom stereocenters. The first kappa shape index (κ1) is 14.3. The molecule has 1 aromatic rings. The molecule has 1 fully saturated rings. The Morgan fingerprint density at radius 3 is 2.95 bits per heavy atom. The minimum atomic E-state index is -0.483. The van der Waals surface area contributed by atoms with Crippen molar-refractivity contribution in [3.05, 3.63) is 29.8 Å². The van der Waals surface area contributed by atoms with Crippen molar-refractivity contribution in [3.63, 3.8) is 0 Å². The van der Waals surface area contributed by atoms with Crippen LogP contribution in [0, 0.1) is 6.92 Å². The lowest BCUT2D eigenvalue weighted by atomic mass is 10.1. The van der Waals surface area contributed by atoms with Crippen molar-refractivity contribution in [1.82, 2.24) is 5.32 Å². The van der Waals surface area contributed by atoms with Crippen LogP contribution in [0.25, 0.3) is 0 Å². The smallest absolute Gasteiger partial charge is 0.119 e. The molecule has 4 nitrogen and oxygen atoms in total. The van der Waals surface area contributed by atoms with Crippen LogP contribution in [0.3, 0.4) is 0 Å². The zero-order valence-electron chi connectivity index (χ0n) is 11.5. The second-order valence-corrected chi connectivity index (χ2v) is 5.08. The van der Waals surface area contributed by atoms with Gasteiger partial charge in [0.1, 0.15) is 18.5 Å². The molecule has 0 saturated carbocycles.